The third kappa shape index (κ3) is 3.26. The lowest BCUT2D eigenvalue weighted by Gasteiger charge is -2.09. The summed E-state index contributed by atoms with van der Waals surface area (Å²) in [5.41, 5.74) is 2.01. The van der Waals surface area contributed by atoms with Crippen molar-refractivity contribution < 1.29 is 9.84 Å². The number of aromatic hydroxyl groups is 1. The van der Waals surface area contributed by atoms with E-state index in [4.69, 9.17) is 4.74 Å². The Morgan fingerprint density at radius 2 is 1.57 bits per heavy atom. The van der Waals surface area contributed by atoms with Crippen LogP contribution in [-0.4, -0.2) is 16.3 Å². The first-order valence-electron chi connectivity index (χ1n) is 6.96. The van der Waals surface area contributed by atoms with Crippen molar-refractivity contribution in [1.29, 1.82) is 0 Å². The van der Waals surface area contributed by atoms with E-state index < -0.39 is 0 Å². The second-order valence-corrected chi connectivity index (χ2v) is 4.81. The smallest absolute Gasteiger partial charge is 0.119 e. The van der Waals surface area contributed by atoms with Gasteiger partial charge in [-0.1, -0.05) is 18.2 Å². The number of hydrogen-bond acceptors (Lipinski definition) is 2. The van der Waals surface area contributed by atoms with Crippen LogP contribution in [0.1, 0.15) is 5.56 Å². The second kappa shape index (κ2) is 6.18. The summed E-state index contributed by atoms with van der Waals surface area (Å²) in [5.74, 6) is 1.16. The third-order valence-corrected chi connectivity index (χ3v) is 3.37. The summed E-state index contributed by atoms with van der Waals surface area (Å²) in [4.78, 5) is 0. The van der Waals surface area contributed by atoms with Gasteiger partial charge in [0, 0.05) is 24.5 Å². The van der Waals surface area contributed by atoms with Gasteiger partial charge in [-0.15, -0.1) is 0 Å². The topological polar surface area (TPSA) is 34.4 Å². The summed E-state index contributed by atoms with van der Waals surface area (Å²) in [5, 5.41) is 9.69. The quantitative estimate of drug-likeness (QED) is 0.770. The average molecular weight is 279 g/mol. The van der Waals surface area contributed by atoms with Crippen molar-refractivity contribution in [2.45, 2.75) is 6.42 Å². The van der Waals surface area contributed by atoms with E-state index in [1.807, 2.05) is 71.6 Å². The highest BCUT2D eigenvalue weighted by molar-refractivity contribution is 5.38. The van der Waals surface area contributed by atoms with E-state index in [1.54, 1.807) is 6.07 Å². The lowest BCUT2D eigenvalue weighted by atomic mass is 10.1. The van der Waals surface area contributed by atoms with Crippen molar-refractivity contribution in [3.8, 4) is 17.2 Å². The van der Waals surface area contributed by atoms with Crippen molar-refractivity contribution in [2.75, 3.05) is 6.61 Å². The Bertz CT molecular complexity index is 688. The molecule has 0 amide bonds. The molecule has 0 atom stereocenters. The fraction of sp³-hybridized carbons (Fsp3) is 0.111. The number of nitrogens with zero attached hydrogens (tertiary/aromatic N) is 1. The van der Waals surface area contributed by atoms with Gasteiger partial charge < -0.3 is 14.4 Å². The Morgan fingerprint density at radius 1 is 0.857 bits per heavy atom. The molecule has 1 N–H and O–H groups in total. The number of hydrogen-bond donors (Lipinski definition) is 1. The molecule has 3 nitrogen and oxygen atoms in total. The minimum atomic E-state index is 0.323. The van der Waals surface area contributed by atoms with E-state index in [0.717, 1.165) is 17.0 Å². The molecule has 3 rings (SSSR count). The molecule has 0 saturated carbocycles. The molecule has 0 saturated heterocycles. The molecule has 0 radical (unpaired) electrons. The molecular formula is C18H17NO2. The van der Waals surface area contributed by atoms with Crippen LogP contribution in [0.5, 0.6) is 11.5 Å². The van der Waals surface area contributed by atoms with Gasteiger partial charge in [0.1, 0.15) is 11.5 Å². The van der Waals surface area contributed by atoms with Crippen LogP contribution in [0.25, 0.3) is 5.69 Å². The third-order valence-electron chi connectivity index (χ3n) is 3.37. The molecule has 3 heteroatoms. The van der Waals surface area contributed by atoms with E-state index >= 15 is 0 Å². The first-order chi connectivity index (χ1) is 10.3. The van der Waals surface area contributed by atoms with Crippen LogP contribution in [-0.2, 0) is 6.42 Å². The van der Waals surface area contributed by atoms with Gasteiger partial charge in [-0.3, -0.25) is 0 Å². The fourth-order valence-electron chi connectivity index (χ4n) is 2.22. The van der Waals surface area contributed by atoms with E-state index in [0.29, 0.717) is 18.8 Å². The van der Waals surface area contributed by atoms with E-state index in [9.17, 15) is 5.11 Å². The van der Waals surface area contributed by atoms with Gasteiger partial charge in [-0.2, -0.15) is 0 Å². The highest BCUT2D eigenvalue weighted by Gasteiger charge is 2.01. The monoisotopic (exact) mass is 279 g/mol. The van der Waals surface area contributed by atoms with E-state index in [1.165, 1.54) is 0 Å². The Hall–Kier alpha value is -2.68. The van der Waals surface area contributed by atoms with Gasteiger partial charge in [0.05, 0.1) is 6.61 Å². The normalized spacial score (nSPS) is 10.5. The van der Waals surface area contributed by atoms with Crippen LogP contribution in [0, 0.1) is 0 Å². The summed E-state index contributed by atoms with van der Waals surface area (Å²) in [6.45, 7) is 0.542. The summed E-state index contributed by atoms with van der Waals surface area (Å²) in [6.07, 6.45) is 4.70. The molecule has 0 aliphatic carbocycles. The maximum atomic E-state index is 9.69. The standard InChI is InChI=1S/C18H17NO2/c20-18-6-2-1-5-15(18)11-14-21-17-9-7-16(8-10-17)19-12-3-4-13-19/h1-10,12-13,20H,11,14H2. The van der Waals surface area contributed by atoms with Gasteiger partial charge in [0.25, 0.3) is 0 Å². The van der Waals surface area contributed by atoms with Crippen LogP contribution < -0.4 is 4.74 Å². The van der Waals surface area contributed by atoms with Crippen molar-refractivity contribution in [2.24, 2.45) is 0 Å². The SMILES string of the molecule is Oc1ccccc1CCOc1ccc(-n2cccc2)cc1. The molecule has 0 aliphatic rings. The number of aromatic nitrogens is 1. The molecule has 0 unspecified atom stereocenters. The number of phenols is 1. The molecule has 2 aromatic carbocycles. The highest BCUT2D eigenvalue weighted by Crippen LogP contribution is 2.18. The van der Waals surface area contributed by atoms with Crippen molar-refractivity contribution in [1.82, 2.24) is 4.57 Å². The zero-order valence-electron chi connectivity index (χ0n) is 11.6. The predicted octanol–water partition coefficient (Wildman–Crippen LogP) is 3.80. The highest BCUT2D eigenvalue weighted by atomic mass is 16.5. The first kappa shape index (κ1) is 13.3. The summed E-state index contributed by atoms with van der Waals surface area (Å²) in [7, 11) is 0. The van der Waals surface area contributed by atoms with Crippen LogP contribution in [0.2, 0.25) is 0 Å². The van der Waals surface area contributed by atoms with E-state index in [2.05, 4.69) is 0 Å². The molecule has 3 aromatic rings. The van der Waals surface area contributed by atoms with Crippen LogP contribution in [0.15, 0.2) is 73.1 Å². The van der Waals surface area contributed by atoms with Gasteiger partial charge in [0.2, 0.25) is 0 Å². The number of rotatable bonds is 5. The maximum Gasteiger partial charge on any atom is 0.119 e. The van der Waals surface area contributed by atoms with Crippen molar-refractivity contribution in [3.05, 3.63) is 78.6 Å². The minimum absolute atomic E-state index is 0.323. The van der Waals surface area contributed by atoms with Crippen LogP contribution >= 0.6 is 0 Å². The zero-order chi connectivity index (χ0) is 14.5. The van der Waals surface area contributed by atoms with Gasteiger partial charge >= 0.3 is 0 Å². The largest absolute Gasteiger partial charge is 0.508 e. The van der Waals surface area contributed by atoms with Gasteiger partial charge in [-0.05, 0) is 48.0 Å². The Kier molecular flexibility index (Phi) is 3.92. The van der Waals surface area contributed by atoms with Crippen molar-refractivity contribution in [3.63, 3.8) is 0 Å². The first-order valence-corrected chi connectivity index (χ1v) is 6.96. The molecule has 0 spiro atoms. The maximum absolute atomic E-state index is 9.69. The molecule has 1 aromatic heterocycles. The Labute approximate surface area is 124 Å². The molecule has 0 fully saturated rings. The molecule has 0 bridgehead atoms. The lowest BCUT2D eigenvalue weighted by Crippen LogP contribution is -2.01. The molecule has 21 heavy (non-hydrogen) atoms. The number of para-hydroxylation sites is 1. The lowest BCUT2D eigenvalue weighted by molar-refractivity contribution is 0.319. The summed E-state index contributed by atoms with van der Waals surface area (Å²) < 4.78 is 7.76. The molecule has 0 aliphatic heterocycles. The van der Waals surface area contributed by atoms with Crippen molar-refractivity contribution >= 4 is 0 Å². The number of ether oxygens (including phenoxy) is 1. The van der Waals surface area contributed by atoms with Gasteiger partial charge in [0.15, 0.2) is 0 Å². The van der Waals surface area contributed by atoms with Gasteiger partial charge in [-0.25, -0.2) is 0 Å². The summed E-state index contributed by atoms with van der Waals surface area (Å²) >= 11 is 0. The zero-order valence-corrected chi connectivity index (χ0v) is 11.6. The molecular weight excluding hydrogens is 262 g/mol. The average Bonchev–Trinajstić information content (AvgIpc) is 3.04. The number of benzene rings is 2. The van der Waals surface area contributed by atoms with Crippen LogP contribution in [0.4, 0.5) is 0 Å². The predicted molar refractivity (Wildman–Crippen MR) is 83.1 cm³/mol. The second-order valence-electron chi connectivity index (χ2n) is 4.81. The molecule has 1 heterocycles. The number of phenolic OH excluding ortho intramolecular Hbond substituents is 1. The Balaban J connectivity index is 1.58. The Morgan fingerprint density at radius 3 is 2.29 bits per heavy atom. The van der Waals surface area contributed by atoms with E-state index in [-0.39, 0.29) is 0 Å². The fourth-order valence-corrected chi connectivity index (χ4v) is 2.22. The summed E-state index contributed by atoms with van der Waals surface area (Å²) in [6, 6.07) is 19.3. The van der Waals surface area contributed by atoms with Crippen LogP contribution in [0.3, 0.4) is 0 Å². The molecule has 106 valence electrons. The minimum Gasteiger partial charge on any atom is -0.508 e.